The molecular weight excluding hydrogens is 198 g/mol. The van der Waals surface area contributed by atoms with Gasteiger partial charge in [0, 0.05) is 25.2 Å². The number of carbonyl (C=O) groups is 1. The van der Waals surface area contributed by atoms with Crippen molar-refractivity contribution < 1.29 is 4.79 Å². The summed E-state index contributed by atoms with van der Waals surface area (Å²) in [7, 11) is 0. The molecule has 1 saturated heterocycles. The van der Waals surface area contributed by atoms with Crippen LogP contribution in [0.15, 0.2) is 12.3 Å². The van der Waals surface area contributed by atoms with Crippen LogP contribution in [0.3, 0.4) is 0 Å². The van der Waals surface area contributed by atoms with E-state index in [2.05, 4.69) is 11.5 Å². The van der Waals surface area contributed by atoms with Gasteiger partial charge in [-0.05, 0) is 26.2 Å². The Kier molecular flexibility index (Phi) is 13.5. The van der Waals surface area contributed by atoms with Crippen LogP contribution in [0.1, 0.15) is 60.3 Å². The van der Waals surface area contributed by atoms with E-state index in [0.717, 1.165) is 25.9 Å². The molecule has 0 unspecified atom stereocenters. The maximum absolute atomic E-state index is 10.7. The zero-order valence-corrected chi connectivity index (χ0v) is 11.8. The first-order valence-electron chi connectivity index (χ1n) is 6.62. The minimum absolute atomic E-state index is 0.291. The van der Waals surface area contributed by atoms with Gasteiger partial charge in [-0.2, -0.15) is 0 Å². The Balaban J connectivity index is 0. The molecule has 0 aromatic rings. The van der Waals surface area contributed by atoms with Crippen molar-refractivity contribution in [1.29, 1.82) is 0 Å². The molecule has 0 radical (unpaired) electrons. The molecule has 1 heterocycles. The van der Waals surface area contributed by atoms with E-state index in [1.165, 1.54) is 12.1 Å². The first-order chi connectivity index (χ1) is 7.70. The van der Waals surface area contributed by atoms with Crippen LogP contribution in [0.25, 0.3) is 0 Å². The van der Waals surface area contributed by atoms with Crippen LogP contribution in [0.4, 0.5) is 0 Å². The lowest BCUT2D eigenvalue weighted by Crippen LogP contribution is -2.18. The normalized spacial score (nSPS) is 13.6. The van der Waals surface area contributed by atoms with Crippen LogP contribution in [0.5, 0.6) is 0 Å². The molecule has 0 aliphatic carbocycles. The van der Waals surface area contributed by atoms with E-state index in [4.69, 9.17) is 0 Å². The summed E-state index contributed by atoms with van der Waals surface area (Å²) < 4.78 is 0. The third kappa shape index (κ3) is 8.51. The molecule has 1 rings (SSSR count). The zero-order valence-electron chi connectivity index (χ0n) is 11.8. The summed E-state index contributed by atoms with van der Waals surface area (Å²) in [5.74, 6) is 0.291. The van der Waals surface area contributed by atoms with Crippen molar-refractivity contribution in [3.05, 3.63) is 12.3 Å². The highest BCUT2D eigenvalue weighted by molar-refractivity contribution is 5.75. The minimum atomic E-state index is 0.291. The number of Topliss-reactive ketones (excluding diaryl/α,β-unsaturated/α-hetero) is 1. The van der Waals surface area contributed by atoms with Crippen molar-refractivity contribution >= 4 is 5.78 Å². The highest BCUT2D eigenvalue weighted by Gasteiger charge is 2.13. The number of nitrogens with zero attached hydrogens (tertiary/aromatic N) is 1. The van der Waals surface area contributed by atoms with E-state index in [0.29, 0.717) is 12.2 Å². The quantitative estimate of drug-likeness (QED) is 0.723. The molecule has 0 N–H and O–H groups in total. The minimum Gasteiger partial charge on any atom is -0.375 e. The van der Waals surface area contributed by atoms with Gasteiger partial charge in [0.2, 0.25) is 0 Å². The molecule has 2 heteroatoms. The largest absolute Gasteiger partial charge is 0.375 e. The lowest BCUT2D eigenvalue weighted by atomic mass is 10.2. The molecule has 0 saturated carbocycles. The number of likely N-dealkylation sites (tertiary alicyclic amines) is 1. The molecule has 0 spiro atoms. The van der Waals surface area contributed by atoms with Crippen molar-refractivity contribution in [2.24, 2.45) is 0 Å². The lowest BCUT2D eigenvalue weighted by Gasteiger charge is -2.18. The monoisotopic (exact) mass is 227 g/mol. The van der Waals surface area contributed by atoms with E-state index < -0.39 is 0 Å². The molecule has 0 aromatic heterocycles. The fourth-order valence-electron chi connectivity index (χ4n) is 1.58. The maximum atomic E-state index is 10.7. The predicted octanol–water partition coefficient (Wildman–Crippen LogP) is 4.02. The number of carbonyl (C=O) groups excluding carboxylic acids is 1. The van der Waals surface area contributed by atoms with Crippen LogP contribution in [0, 0.1) is 0 Å². The number of hydrogen-bond donors (Lipinski definition) is 0. The van der Waals surface area contributed by atoms with Crippen molar-refractivity contribution in [1.82, 2.24) is 4.90 Å². The summed E-state index contributed by atoms with van der Waals surface area (Å²) >= 11 is 0. The Labute approximate surface area is 102 Å². The van der Waals surface area contributed by atoms with E-state index in [9.17, 15) is 4.79 Å². The van der Waals surface area contributed by atoms with Crippen molar-refractivity contribution in [2.75, 3.05) is 13.1 Å². The summed E-state index contributed by atoms with van der Waals surface area (Å²) in [6, 6.07) is 0. The Morgan fingerprint density at radius 2 is 1.88 bits per heavy atom. The fraction of sp³-hybridized carbons (Fsp3) is 0.786. The number of hydrogen-bond acceptors (Lipinski definition) is 2. The standard InChI is InChI=1S/C10H17NO.2C2H6/c1-9-5-3-7-11(9)8-4-6-10(2)12;2*1-2/h1,3-8H2,2H3;2*1-2H3. The number of ketones is 1. The lowest BCUT2D eigenvalue weighted by molar-refractivity contribution is -0.117. The van der Waals surface area contributed by atoms with E-state index >= 15 is 0 Å². The third-order valence-electron chi connectivity index (χ3n) is 2.30. The van der Waals surface area contributed by atoms with Crippen molar-refractivity contribution in [3.8, 4) is 0 Å². The van der Waals surface area contributed by atoms with Crippen LogP contribution >= 0.6 is 0 Å². The van der Waals surface area contributed by atoms with Gasteiger partial charge in [-0.15, -0.1) is 0 Å². The number of rotatable bonds is 4. The fourth-order valence-corrected chi connectivity index (χ4v) is 1.58. The van der Waals surface area contributed by atoms with Gasteiger partial charge < -0.3 is 9.69 Å². The molecule has 2 nitrogen and oxygen atoms in total. The van der Waals surface area contributed by atoms with E-state index in [1.54, 1.807) is 6.92 Å². The molecule has 0 atom stereocenters. The van der Waals surface area contributed by atoms with Gasteiger partial charge in [0.05, 0.1) is 0 Å². The predicted molar refractivity (Wildman–Crippen MR) is 72.6 cm³/mol. The van der Waals surface area contributed by atoms with Gasteiger partial charge in [0.25, 0.3) is 0 Å². The van der Waals surface area contributed by atoms with Gasteiger partial charge in [0.1, 0.15) is 5.78 Å². The maximum Gasteiger partial charge on any atom is 0.129 e. The van der Waals surface area contributed by atoms with Crippen LogP contribution in [0.2, 0.25) is 0 Å². The Bertz CT molecular complexity index is 187. The molecule has 96 valence electrons. The summed E-state index contributed by atoms with van der Waals surface area (Å²) in [5.41, 5.74) is 1.25. The van der Waals surface area contributed by atoms with Gasteiger partial charge in [-0.25, -0.2) is 0 Å². The smallest absolute Gasteiger partial charge is 0.129 e. The molecule has 1 aliphatic rings. The zero-order chi connectivity index (χ0) is 13.0. The van der Waals surface area contributed by atoms with E-state index in [1.807, 2.05) is 27.7 Å². The average molecular weight is 227 g/mol. The first kappa shape index (κ1) is 17.6. The highest BCUT2D eigenvalue weighted by Crippen LogP contribution is 2.18. The molecule has 1 fully saturated rings. The first-order valence-corrected chi connectivity index (χ1v) is 6.62. The number of allylic oxidation sites excluding steroid dienone is 1. The second-order valence-electron chi connectivity index (χ2n) is 3.46. The van der Waals surface area contributed by atoms with Crippen molar-refractivity contribution in [2.45, 2.75) is 60.3 Å². The summed E-state index contributed by atoms with van der Waals surface area (Å²) in [5, 5.41) is 0. The molecule has 0 aromatic carbocycles. The summed E-state index contributed by atoms with van der Waals surface area (Å²) in [4.78, 5) is 13.0. The molecule has 16 heavy (non-hydrogen) atoms. The Morgan fingerprint density at radius 1 is 1.31 bits per heavy atom. The van der Waals surface area contributed by atoms with Gasteiger partial charge in [-0.3, -0.25) is 0 Å². The molecule has 0 amide bonds. The Hall–Kier alpha value is -0.790. The van der Waals surface area contributed by atoms with Gasteiger partial charge >= 0.3 is 0 Å². The summed E-state index contributed by atoms with van der Waals surface area (Å²) in [6.07, 6.45) is 4.07. The van der Waals surface area contributed by atoms with Gasteiger partial charge in [0.15, 0.2) is 0 Å². The van der Waals surface area contributed by atoms with E-state index in [-0.39, 0.29) is 0 Å². The second kappa shape index (κ2) is 12.3. The highest BCUT2D eigenvalue weighted by atomic mass is 16.1. The van der Waals surface area contributed by atoms with Crippen LogP contribution in [-0.4, -0.2) is 23.8 Å². The van der Waals surface area contributed by atoms with Crippen molar-refractivity contribution in [3.63, 3.8) is 0 Å². The van der Waals surface area contributed by atoms with Crippen LogP contribution in [-0.2, 0) is 4.79 Å². The molecular formula is C14H29NO. The molecule has 1 aliphatic heterocycles. The average Bonchev–Trinajstić information content (AvgIpc) is 2.70. The summed E-state index contributed by atoms with van der Waals surface area (Å²) in [6.45, 7) is 15.8. The SMILES string of the molecule is C=C1CCCN1CCCC(C)=O.CC.CC. The van der Waals surface area contributed by atoms with Gasteiger partial charge in [-0.1, -0.05) is 34.3 Å². The topological polar surface area (TPSA) is 20.3 Å². The third-order valence-corrected chi connectivity index (χ3v) is 2.30. The van der Waals surface area contributed by atoms with Crippen LogP contribution < -0.4 is 0 Å². The Morgan fingerprint density at radius 3 is 2.25 bits per heavy atom. The molecule has 0 bridgehead atoms. The second-order valence-corrected chi connectivity index (χ2v) is 3.46.